The van der Waals surface area contributed by atoms with E-state index in [1.54, 1.807) is 0 Å². The molecule has 15 heavy (non-hydrogen) atoms. The Bertz CT molecular complexity index is 313. The van der Waals surface area contributed by atoms with Gasteiger partial charge in [-0.3, -0.25) is 0 Å². The summed E-state index contributed by atoms with van der Waals surface area (Å²) in [4.78, 5) is 0. The zero-order valence-corrected chi connectivity index (χ0v) is 9.65. The van der Waals surface area contributed by atoms with Crippen LogP contribution in [-0.4, -0.2) is 50.1 Å². The highest BCUT2D eigenvalue weighted by atomic mass is 32.2. The predicted octanol–water partition coefficient (Wildman–Crippen LogP) is 0.265. The first kappa shape index (κ1) is 12.8. The summed E-state index contributed by atoms with van der Waals surface area (Å²) in [6.07, 6.45) is 0. The standard InChI is InChI=1S/C8H16F2N2O2S/c1-3-15(13,14)12-5-4-11-7(6-12)8(2,9)10/h7,11H,3-6H2,1-2H3. The fraction of sp³-hybridized carbons (Fsp3) is 1.00. The van der Waals surface area contributed by atoms with Crippen LogP contribution in [0.2, 0.25) is 0 Å². The van der Waals surface area contributed by atoms with Gasteiger partial charge in [-0.05, 0) is 6.92 Å². The largest absolute Gasteiger partial charge is 0.306 e. The van der Waals surface area contributed by atoms with Crippen LogP contribution < -0.4 is 5.32 Å². The van der Waals surface area contributed by atoms with Gasteiger partial charge >= 0.3 is 0 Å². The van der Waals surface area contributed by atoms with E-state index in [0.717, 1.165) is 11.2 Å². The molecule has 7 heteroatoms. The minimum Gasteiger partial charge on any atom is -0.306 e. The molecule has 1 saturated heterocycles. The molecule has 0 radical (unpaired) electrons. The van der Waals surface area contributed by atoms with Crippen LogP contribution in [0.5, 0.6) is 0 Å². The lowest BCUT2D eigenvalue weighted by atomic mass is 10.1. The third-order valence-corrected chi connectivity index (χ3v) is 4.36. The molecule has 1 aliphatic heterocycles. The van der Waals surface area contributed by atoms with Gasteiger partial charge in [0.05, 0.1) is 11.8 Å². The molecule has 1 fully saturated rings. The predicted molar refractivity (Wildman–Crippen MR) is 53.4 cm³/mol. The Hall–Kier alpha value is -0.270. The van der Waals surface area contributed by atoms with Crippen LogP contribution in [0, 0.1) is 0 Å². The smallest absolute Gasteiger partial charge is 0.261 e. The van der Waals surface area contributed by atoms with Gasteiger partial charge < -0.3 is 5.32 Å². The Morgan fingerprint density at radius 1 is 1.53 bits per heavy atom. The van der Waals surface area contributed by atoms with E-state index in [2.05, 4.69) is 5.32 Å². The lowest BCUT2D eigenvalue weighted by molar-refractivity contribution is -0.0300. The van der Waals surface area contributed by atoms with Crippen molar-refractivity contribution in [1.29, 1.82) is 0 Å². The van der Waals surface area contributed by atoms with Gasteiger partial charge in [-0.15, -0.1) is 0 Å². The van der Waals surface area contributed by atoms with E-state index in [-0.39, 0.29) is 25.4 Å². The maximum atomic E-state index is 13.0. The first-order chi connectivity index (χ1) is 6.77. The number of hydrogen-bond donors (Lipinski definition) is 1. The molecule has 1 atom stereocenters. The Kier molecular flexibility index (Phi) is 3.67. The van der Waals surface area contributed by atoms with Crippen LogP contribution in [0.25, 0.3) is 0 Å². The van der Waals surface area contributed by atoms with Crippen LogP contribution in [0.4, 0.5) is 8.78 Å². The molecule has 0 aromatic heterocycles. The molecule has 4 nitrogen and oxygen atoms in total. The van der Waals surface area contributed by atoms with E-state index < -0.39 is 22.0 Å². The first-order valence-electron chi connectivity index (χ1n) is 4.86. The van der Waals surface area contributed by atoms with Crippen molar-refractivity contribution in [2.75, 3.05) is 25.4 Å². The summed E-state index contributed by atoms with van der Waals surface area (Å²) in [7, 11) is -3.35. The summed E-state index contributed by atoms with van der Waals surface area (Å²) in [6, 6.07) is -1.09. The van der Waals surface area contributed by atoms with Crippen molar-refractivity contribution in [2.24, 2.45) is 0 Å². The highest BCUT2D eigenvalue weighted by Gasteiger charge is 2.39. The van der Waals surface area contributed by atoms with E-state index >= 15 is 0 Å². The summed E-state index contributed by atoms with van der Waals surface area (Å²) in [6.45, 7) is 2.69. The molecule has 90 valence electrons. The van der Waals surface area contributed by atoms with Gasteiger partial charge in [-0.25, -0.2) is 17.2 Å². The van der Waals surface area contributed by atoms with Crippen molar-refractivity contribution in [3.8, 4) is 0 Å². The number of sulfonamides is 1. The van der Waals surface area contributed by atoms with Crippen LogP contribution in [0.3, 0.4) is 0 Å². The van der Waals surface area contributed by atoms with E-state index in [1.165, 1.54) is 6.92 Å². The van der Waals surface area contributed by atoms with Gasteiger partial charge in [0, 0.05) is 26.6 Å². The molecule has 0 aliphatic carbocycles. The number of hydrogen-bond acceptors (Lipinski definition) is 3. The second kappa shape index (κ2) is 4.31. The van der Waals surface area contributed by atoms with Gasteiger partial charge in [0.25, 0.3) is 5.92 Å². The summed E-state index contributed by atoms with van der Waals surface area (Å²) >= 11 is 0. The van der Waals surface area contributed by atoms with Crippen LogP contribution in [0.15, 0.2) is 0 Å². The maximum absolute atomic E-state index is 13.0. The maximum Gasteiger partial charge on any atom is 0.261 e. The van der Waals surface area contributed by atoms with Gasteiger partial charge in [0.15, 0.2) is 0 Å². The second-order valence-electron chi connectivity index (χ2n) is 3.72. The van der Waals surface area contributed by atoms with E-state index in [9.17, 15) is 17.2 Å². The first-order valence-corrected chi connectivity index (χ1v) is 6.47. The van der Waals surface area contributed by atoms with Crippen LogP contribution in [-0.2, 0) is 10.0 Å². The molecule has 1 aliphatic rings. The van der Waals surface area contributed by atoms with Crippen molar-refractivity contribution < 1.29 is 17.2 Å². The summed E-state index contributed by atoms with van der Waals surface area (Å²) < 4.78 is 50.1. The summed E-state index contributed by atoms with van der Waals surface area (Å²) in [5, 5.41) is 2.63. The molecule has 0 spiro atoms. The lowest BCUT2D eigenvalue weighted by Crippen LogP contribution is -2.58. The zero-order chi connectivity index (χ0) is 11.7. The zero-order valence-electron chi connectivity index (χ0n) is 8.83. The lowest BCUT2D eigenvalue weighted by Gasteiger charge is -2.35. The number of alkyl halides is 2. The SMILES string of the molecule is CCS(=O)(=O)N1CCNC(C(C)(F)F)C1. The van der Waals surface area contributed by atoms with Crippen molar-refractivity contribution in [2.45, 2.75) is 25.8 Å². The summed E-state index contributed by atoms with van der Waals surface area (Å²) in [5.41, 5.74) is 0. The van der Waals surface area contributed by atoms with Crippen molar-refractivity contribution in [3.63, 3.8) is 0 Å². The minimum atomic E-state index is -3.35. The fourth-order valence-electron chi connectivity index (χ4n) is 1.50. The van der Waals surface area contributed by atoms with E-state index in [0.29, 0.717) is 0 Å². The Morgan fingerprint density at radius 2 is 2.13 bits per heavy atom. The van der Waals surface area contributed by atoms with E-state index in [4.69, 9.17) is 0 Å². The van der Waals surface area contributed by atoms with Gasteiger partial charge in [0.2, 0.25) is 10.0 Å². The molecule has 1 heterocycles. The second-order valence-corrected chi connectivity index (χ2v) is 5.98. The van der Waals surface area contributed by atoms with Gasteiger partial charge in [-0.2, -0.15) is 4.31 Å². The number of rotatable bonds is 3. The van der Waals surface area contributed by atoms with Crippen LogP contribution >= 0.6 is 0 Å². The molecule has 0 aromatic rings. The van der Waals surface area contributed by atoms with Crippen molar-refractivity contribution >= 4 is 10.0 Å². The Morgan fingerprint density at radius 3 is 2.60 bits per heavy atom. The molecule has 1 unspecified atom stereocenters. The fourth-order valence-corrected chi connectivity index (χ4v) is 2.61. The quantitative estimate of drug-likeness (QED) is 0.772. The molecule has 0 aromatic carbocycles. The monoisotopic (exact) mass is 242 g/mol. The van der Waals surface area contributed by atoms with Gasteiger partial charge in [0.1, 0.15) is 0 Å². The molecular weight excluding hydrogens is 226 g/mol. The molecule has 1 rings (SSSR count). The molecule has 0 bridgehead atoms. The molecule has 0 saturated carbocycles. The summed E-state index contributed by atoms with van der Waals surface area (Å²) in [5.74, 6) is -2.95. The van der Waals surface area contributed by atoms with Crippen LogP contribution in [0.1, 0.15) is 13.8 Å². The highest BCUT2D eigenvalue weighted by Crippen LogP contribution is 2.21. The van der Waals surface area contributed by atoms with Gasteiger partial charge in [-0.1, -0.05) is 0 Å². The Balaban J connectivity index is 2.73. The van der Waals surface area contributed by atoms with E-state index in [1.807, 2.05) is 0 Å². The number of nitrogens with one attached hydrogen (secondary N) is 1. The average molecular weight is 242 g/mol. The highest BCUT2D eigenvalue weighted by molar-refractivity contribution is 7.89. The topological polar surface area (TPSA) is 49.4 Å². The number of piperazine rings is 1. The third-order valence-electron chi connectivity index (χ3n) is 2.51. The van der Waals surface area contributed by atoms with Crippen molar-refractivity contribution in [1.82, 2.24) is 9.62 Å². The molecule has 0 amide bonds. The molecule has 1 N–H and O–H groups in total. The van der Waals surface area contributed by atoms with Crippen molar-refractivity contribution in [3.05, 3.63) is 0 Å². The number of nitrogens with zero attached hydrogens (tertiary/aromatic N) is 1. The Labute approximate surface area is 88.7 Å². The average Bonchev–Trinajstić information content (AvgIpc) is 2.17. The third kappa shape index (κ3) is 3.09. The molecular formula is C8H16F2N2O2S. The number of halogens is 2. The normalized spacial score (nSPS) is 25.5. The minimum absolute atomic E-state index is 0.0466.